The highest BCUT2D eigenvalue weighted by Gasteiger charge is 2.19. The quantitative estimate of drug-likeness (QED) is 0.823. The largest absolute Gasteiger partial charge is 0.468 e. The third kappa shape index (κ3) is 4.25. The Morgan fingerprint density at radius 3 is 2.95 bits per heavy atom. The SMILES string of the molecule is CN(C)[C@@H](CNC(=O)NC[C@H]1CCOC1)c1ccco1. The molecule has 112 valence electrons. The number of ether oxygens (including phenoxy) is 1. The highest BCUT2D eigenvalue weighted by atomic mass is 16.5. The predicted molar refractivity (Wildman–Crippen MR) is 75.5 cm³/mol. The summed E-state index contributed by atoms with van der Waals surface area (Å²) in [5.74, 6) is 1.29. The lowest BCUT2D eigenvalue weighted by atomic mass is 10.1. The maximum absolute atomic E-state index is 11.8. The summed E-state index contributed by atoms with van der Waals surface area (Å²) in [7, 11) is 3.92. The lowest BCUT2D eigenvalue weighted by Crippen LogP contribution is -2.42. The number of urea groups is 1. The van der Waals surface area contributed by atoms with Gasteiger partial charge in [-0.15, -0.1) is 0 Å². The van der Waals surface area contributed by atoms with Gasteiger partial charge in [-0.25, -0.2) is 4.79 Å². The number of carbonyl (C=O) groups is 1. The Balaban J connectivity index is 1.73. The van der Waals surface area contributed by atoms with Crippen LogP contribution in [0.5, 0.6) is 0 Å². The second-order valence-corrected chi connectivity index (χ2v) is 5.32. The molecule has 0 saturated carbocycles. The third-order valence-electron chi connectivity index (χ3n) is 3.53. The van der Waals surface area contributed by atoms with Crippen molar-refractivity contribution in [1.82, 2.24) is 15.5 Å². The first-order chi connectivity index (χ1) is 9.66. The fourth-order valence-electron chi connectivity index (χ4n) is 2.25. The van der Waals surface area contributed by atoms with E-state index in [0.717, 1.165) is 25.4 Å². The monoisotopic (exact) mass is 281 g/mol. The molecule has 1 aromatic heterocycles. The number of nitrogens with zero attached hydrogens (tertiary/aromatic N) is 1. The van der Waals surface area contributed by atoms with Crippen molar-refractivity contribution < 1.29 is 13.9 Å². The number of hydrogen-bond acceptors (Lipinski definition) is 4. The summed E-state index contributed by atoms with van der Waals surface area (Å²) in [5.41, 5.74) is 0. The Morgan fingerprint density at radius 2 is 2.35 bits per heavy atom. The molecule has 1 fully saturated rings. The van der Waals surface area contributed by atoms with Crippen LogP contribution in [0.15, 0.2) is 22.8 Å². The van der Waals surface area contributed by atoms with Crippen molar-refractivity contribution >= 4 is 6.03 Å². The van der Waals surface area contributed by atoms with Gasteiger partial charge in [0.15, 0.2) is 0 Å². The molecule has 1 saturated heterocycles. The van der Waals surface area contributed by atoms with Gasteiger partial charge in [-0.3, -0.25) is 4.90 Å². The van der Waals surface area contributed by atoms with E-state index in [4.69, 9.17) is 9.15 Å². The topological polar surface area (TPSA) is 66.7 Å². The molecule has 20 heavy (non-hydrogen) atoms. The molecule has 6 nitrogen and oxygen atoms in total. The van der Waals surface area contributed by atoms with Gasteiger partial charge < -0.3 is 19.8 Å². The van der Waals surface area contributed by atoms with Gasteiger partial charge in [0.2, 0.25) is 0 Å². The predicted octanol–water partition coefficient (Wildman–Crippen LogP) is 1.22. The summed E-state index contributed by atoms with van der Waals surface area (Å²) in [6.45, 7) is 2.72. The summed E-state index contributed by atoms with van der Waals surface area (Å²) in [6, 6.07) is 3.66. The van der Waals surface area contributed by atoms with Crippen LogP contribution in [0.2, 0.25) is 0 Å². The Hall–Kier alpha value is -1.53. The lowest BCUT2D eigenvalue weighted by Gasteiger charge is -2.22. The Labute approximate surface area is 119 Å². The van der Waals surface area contributed by atoms with E-state index in [2.05, 4.69) is 10.6 Å². The molecule has 0 spiro atoms. The third-order valence-corrected chi connectivity index (χ3v) is 3.53. The molecule has 2 amide bonds. The van der Waals surface area contributed by atoms with Gasteiger partial charge in [-0.2, -0.15) is 0 Å². The average Bonchev–Trinajstić information content (AvgIpc) is 3.09. The van der Waals surface area contributed by atoms with Gasteiger partial charge in [-0.1, -0.05) is 0 Å². The number of rotatable bonds is 6. The lowest BCUT2D eigenvalue weighted by molar-refractivity contribution is 0.184. The fraction of sp³-hybridized carbons (Fsp3) is 0.643. The molecule has 1 aromatic rings. The van der Waals surface area contributed by atoms with E-state index in [1.165, 1.54) is 0 Å². The number of hydrogen-bond donors (Lipinski definition) is 2. The zero-order chi connectivity index (χ0) is 14.4. The van der Waals surface area contributed by atoms with Gasteiger partial charge in [0.25, 0.3) is 0 Å². The molecule has 2 N–H and O–H groups in total. The molecule has 2 rings (SSSR count). The van der Waals surface area contributed by atoms with Crippen LogP contribution in [0.4, 0.5) is 4.79 Å². The van der Waals surface area contributed by atoms with Crippen molar-refractivity contribution in [2.45, 2.75) is 12.5 Å². The summed E-state index contributed by atoms with van der Waals surface area (Å²) in [5, 5.41) is 5.77. The molecule has 2 atom stereocenters. The second-order valence-electron chi connectivity index (χ2n) is 5.32. The van der Waals surface area contributed by atoms with Crippen molar-refractivity contribution in [3.63, 3.8) is 0 Å². The van der Waals surface area contributed by atoms with Crippen LogP contribution in [-0.4, -0.2) is 51.3 Å². The maximum Gasteiger partial charge on any atom is 0.314 e. The first-order valence-corrected chi connectivity index (χ1v) is 6.96. The van der Waals surface area contributed by atoms with Crippen molar-refractivity contribution in [2.75, 3.05) is 40.4 Å². The van der Waals surface area contributed by atoms with E-state index in [1.54, 1.807) is 6.26 Å². The van der Waals surface area contributed by atoms with E-state index in [-0.39, 0.29) is 12.1 Å². The fourth-order valence-corrected chi connectivity index (χ4v) is 2.25. The van der Waals surface area contributed by atoms with E-state index < -0.39 is 0 Å². The van der Waals surface area contributed by atoms with Gasteiger partial charge >= 0.3 is 6.03 Å². The molecule has 0 unspecified atom stereocenters. The summed E-state index contributed by atoms with van der Waals surface area (Å²) in [4.78, 5) is 13.8. The van der Waals surface area contributed by atoms with Gasteiger partial charge in [0.05, 0.1) is 18.9 Å². The van der Waals surface area contributed by atoms with Crippen LogP contribution in [0, 0.1) is 5.92 Å². The molecule has 6 heteroatoms. The molecule has 2 heterocycles. The number of furan rings is 1. The summed E-state index contributed by atoms with van der Waals surface area (Å²) >= 11 is 0. The highest BCUT2D eigenvalue weighted by Crippen LogP contribution is 2.17. The van der Waals surface area contributed by atoms with Crippen LogP contribution >= 0.6 is 0 Å². The van der Waals surface area contributed by atoms with Crippen LogP contribution in [0.25, 0.3) is 0 Å². The van der Waals surface area contributed by atoms with E-state index in [9.17, 15) is 4.79 Å². The van der Waals surface area contributed by atoms with Gasteiger partial charge in [-0.05, 0) is 32.6 Å². The highest BCUT2D eigenvalue weighted by molar-refractivity contribution is 5.73. The average molecular weight is 281 g/mol. The smallest absolute Gasteiger partial charge is 0.314 e. The zero-order valence-electron chi connectivity index (χ0n) is 12.1. The van der Waals surface area contributed by atoms with Gasteiger partial charge in [0, 0.05) is 25.6 Å². The van der Waals surface area contributed by atoms with E-state index >= 15 is 0 Å². The van der Waals surface area contributed by atoms with Gasteiger partial charge in [0.1, 0.15) is 5.76 Å². The standard InChI is InChI=1S/C14H23N3O3/c1-17(2)12(13-4-3-6-20-13)9-16-14(18)15-8-11-5-7-19-10-11/h3-4,6,11-12H,5,7-10H2,1-2H3,(H2,15,16,18)/t11-,12+/m1/s1. The Morgan fingerprint density at radius 1 is 1.50 bits per heavy atom. The zero-order valence-corrected chi connectivity index (χ0v) is 12.1. The molecular formula is C14H23N3O3. The van der Waals surface area contributed by atoms with Crippen molar-refractivity contribution in [2.24, 2.45) is 5.92 Å². The van der Waals surface area contributed by atoms with Crippen molar-refractivity contribution in [1.29, 1.82) is 0 Å². The molecule has 1 aliphatic heterocycles. The maximum atomic E-state index is 11.8. The van der Waals surface area contributed by atoms with E-state index in [1.807, 2.05) is 31.1 Å². The molecule has 1 aliphatic rings. The van der Waals surface area contributed by atoms with Crippen LogP contribution in [-0.2, 0) is 4.74 Å². The van der Waals surface area contributed by atoms with E-state index in [0.29, 0.717) is 19.0 Å². The van der Waals surface area contributed by atoms with Crippen LogP contribution < -0.4 is 10.6 Å². The normalized spacial score (nSPS) is 20.1. The van der Waals surface area contributed by atoms with Crippen LogP contribution in [0.3, 0.4) is 0 Å². The number of nitrogens with one attached hydrogen (secondary N) is 2. The number of amides is 2. The van der Waals surface area contributed by atoms with Crippen molar-refractivity contribution in [3.05, 3.63) is 24.2 Å². The minimum atomic E-state index is -0.143. The first kappa shape index (κ1) is 14.9. The number of carbonyl (C=O) groups excluding carboxylic acids is 1. The molecular weight excluding hydrogens is 258 g/mol. The molecule has 0 aromatic carbocycles. The summed E-state index contributed by atoms with van der Waals surface area (Å²) < 4.78 is 10.7. The minimum Gasteiger partial charge on any atom is -0.468 e. The molecule has 0 aliphatic carbocycles. The first-order valence-electron chi connectivity index (χ1n) is 6.96. The molecule has 0 bridgehead atoms. The Kier molecular flexibility index (Phi) is 5.43. The van der Waals surface area contributed by atoms with Crippen LogP contribution in [0.1, 0.15) is 18.2 Å². The summed E-state index contributed by atoms with van der Waals surface area (Å²) in [6.07, 6.45) is 2.67. The van der Waals surface area contributed by atoms with Crippen molar-refractivity contribution in [3.8, 4) is 0 Å². The molecule has 0 radical (unpaired) electrons. The second kappa shape index (κ2) is 7.31. The Bertz CT molecular complexity index is 400. The minimum absolute atomic E-state index is 0.0329. The number of likely N-dealkylation sites (N-methyl/N-ethyl adjacent to an activating group) is 1.